The fourth-order valence-electron chi connectivity index (χ4n) is 7.49. The van der Waals surface area contributed by atoms with Crippen LogP contribution < -0.4 is 0 Å². The molecule has 5 aliphatic rings. The van der Waals surface area contributed by atoms with Crippen LogP contribution in [0, 0.1) is 28.6 Å². The van der Waals surface area contributed by atoms with Gasteiger partial charge < -0.3 is 9.84 Å². The molecule has 0 radical (unpaired) electrons. The van der Waals surface area contributed by atoms with E-state index in [-0.39, 0.29) is 34.4 Å². The van der Waals surface area contributed by atoms with Gasteiger partial charge in [0.1, 0.15) is 5.60 Å². The summed E-state index contributed by atoms with van der Waals surface area (Å²) in [5.74, 6) is 1.07. The lowest BCUT2D eigenvalue weighted by Gasteiger charge is -2.59. The zero-order valence-electron chi connectivity index (χ0n) is 16.0. The van der Waals surface area contributed by atoms with Crippen molar-refractivity contribution in [3.05, 3.63) is 36.0 Å². The number of hydrogen-bond acceptors (Lipinski definition) is 3. The number of aliphatic hydroxyl groups is 1. The summed E-state index contributed by atoms with van der Waals surface area (Å²) in [6, 6.07) is 0. The van der Waals surface area contributed by atoms with Crippen molar-refractivity contribution in [2.45, 2.75) is 70.5 Å². The topological polar surface area (TPSA) is 46.5 Å². The Labute approximate surface area is 156 Å². The fourth-order valence-corrected chi connectivity index (χ4v) is 7.49. The van der Waals surface area contributed by atoms with Gasteiger partial charge in [0.2, 0.25) is 0 Å². The summed E-state index contributed by atoms with van der Waals surface area (Å²) in [6.07, 6.45) is 12.8. The number of ether oxygens (including phenoxy) is 1. The van der Waals surface area contributed by atoms with E-state index in [9.17, 15) is 9.90 Å². The van der Waals surface area contributed by atoms with Crippen LogP contribution in [-0.4, -0.2) is 22.8 Å². The highest BCUT2D eigenvalue weighted by Crippen LogP contribution is 2.68. The minimum Gasteiger partial charge on any atom is -0.458 e. The molecule has 0 aromatic rings. The Bertz CT molecular complexity index is 749. The van der Waals surface area contributed by atoms with Gasteiger partial charge >= 0.3 is 5.97 Å². The molecule has 4 aliphatic carbocycles. The van der Waals surface area contributed by atoms with Crippen LogP contribution in [0.5, 0.6) is 0 Å². The molecule has 140 valence electrons. The van der Waals surface area contributed by atoms with Crippen LogP contribution in [0.25, 0.3) is 0 Å². The predicted molar refractivity (Wildman–Crippen MR) is 100 cm³/mol. The second kappa shape index (κ2) is 5.13. The van der Waals surface area contributed by atoms with Crippen LogP contribution in [0.4, 0.5) is 0 Å². The molecule has 0 aromatic carbocycles. The van der Waals surface area contributed by atoms with Gasteiger partial charge in [0, 0.05) is 17.8 Å². The van der Waals surface area contributed by atoms with Gasteiger partial charge in [-0.2, -0.15) is 0 Å². The monoisotopic (exact) mass is 354 g/mol. The molecule has 3 nitrogen and oxygen atoms in total. The highest BCUT2D eigenvalue weighted by atomic mass is 16.6. The van der Waals surface area contributed by atoms with Gasteiger partial charge in [-0.15, -0.1) is 0 Å². The molecule has 3 fully saturated rings. The van der Waals surface area contributed by atoms with Gasteiger partial charge in [-0.25, -0.2) is 0 Å². The Hall–Kier alpha value is -1.35. The molecule has 5 unspecified atom stereocenters. The number of carbonyl (C=O) groups excluding carboxylic acids is 1. The Morgan fingerprint density at radius 1 is 1.23 bits per heavy atom. The first-order valence-corrected chi connectivity index (χ1v) is 10.3. The third kappa shape index (κ3) is 1.91. The lowest BCUT2D eigenvalue weighted by atomic mass is 9.47. The van der Waals surface area contributed by atoms with E-state index in [0.29, 0.717) is 18.3 Å². The maximum atomic E-state index is 11.9. The molecule has 1 N–H and O–H groups in total. The van der Waals surface area contributed by atoms with Crippen molar-refractivity contribution in [2.24, 2.45) is 28.6 Å². The van der Waals surface area contributed by atoms with E-state index < -0.39 is 0 Å². The van der Waals surface area contributed by atoms with Crippen LogP contribution in [0.2, 0.25) is 0 Å². The van der Waals surface area contributed by atoms with Crippen molar-refractivity contribution in [1.29, 1.82) is 0 Å². The summed E-state index contributed by atoms with van der Waals surface area (Å²) >= 11 is 0. The number of fused-ring (bicyclic) bond motifs is 6. The quantitative estimate of drug-likeness (QED) is 0.659. The van der Waals surface area contributed by atoms with E-state index in [1.165, 1.54) is 11.1 Å². The summed E-state index contributed by atoms with van der Waals surface area (Å²) in [6.45, 7) is 8.79. The first-order valence-electron chi connectivity index (χ1n) is 10.3. The summed E-state index contributed by atoms with van der Waals surface area (Å²) in [5, 5.41) is 11.4. The van der Waals surface area contributed by atoms with E-state index >= 15 is 0 Å². The normalized spacial score (nSPS) is 52.3. The van der Waals surface area contributed by atoms with Gasteiger partial charge in [0.15, 0.2) is 0 Å². The number of aliphatic hydroxyl groups excluding tert-OH is 1. The van der Waals surface area contributed by atoms with Crippen LogP contribution in [0.3, 0.4) is 0 Å². The van der Waals surface area contributed by atoms with Crippen LogP contribution >= 0.6 is 0 Å². The lowest BCUT2D eigenvalue weighted by Crippen LogP contribution is -2.58. The second-order valence-electron chi connectivity index (χ2n) is 9.94. The molecule has 1 spiro atoms. The first-order chi connectivity index (χ1) is 12.3. The van der Waals surface area contributed by atoms with Crippen LogP contribution in [0.15, 0.2) is 36.0 Å². The minimum atomic E-state index is -0.347. The Morgan fingerprint density at radius 2 is 2.04 bits per heavy atom. The fraction of sp³-hybridized carbons (Fsp3) is 0.696. The van der Waals surface area contributed by atoms with Crippen molar-refractivity contribution >= 4 is 5.97 Å². The third-order valence-corrected chi connectivity index (χ3v) is 8.91. The predicted octanol–water partition coefficient (Wildman–Crippen LogP) is 4.33. The zero-order chi connectivity index (χ0) is 18.3. The number of allylic oxidation sites excluding steroid dienone is 5. The Morgan fingerprint density at radius 3 is 2.77 bits per heavy atom. The molecule has 1 aliphatic heterocycles. The smallest absolute Gasteiger partial charge is 0.306 e. The maximum Gasteiger partial charge on any atom is 0.306 e. The van der Waals surface area contributed by atoms with Gasteiger partial charge in [0.05, 0.1) is 6.10 Å². The Balaban J connectivity index is 1.58. The third-order valence-electron chi connectivity index (χ3n) is 8.91. The van der Waals surface area contributed by atoms with Gasteiger partial charge in [-0.05, 0) is 61.3 Å². The highest BCUT2D eigenvalue weighted by Gasteiger charge is 2.68. The average Bonchev–Trinajstić information content (AvgIpc) is 3.09. The molecule has 0 amide bonds. The average molecular weight is 354 g/mol. The van der Waals surface area contributed by atoms with Gasteiger partial charge in [-0.1, -0.05) is 44.2 Å². The molecule has 3 heteroatoms. The van der Waals surface area contributed by atoms with Gasteiger partial charge in [0.25, 0.3) is 0 Å². The zero-order valence-corrected chi connectivity index (χ0v) is 16.0. The van der Waals surface area contributed by atoms with Crippen molar-refractivity contribution < 1.29 is 14.6 Å². The van der Waals surface area contributed by atoms with Crippen molar-refractivity contribution in [3.8, 4) is 0 Å². The summed E-state index contributed by atoms with van der Waals surface area (Å²) in [5.41, 5.74) is 2.13. The molecule has 5 rings (SSSR count). The van der Waals surface area contributed by atoms with Crippen molar-refractivity contribution in [1.82, 2.24) is 0 Å². The SMILES string of the molecule is C=C1C=C2C=CC3C([C@H](O)CC4(C)C3CC[C@@]43CCC(=O)O3)C2(C)CC1. The molecular weight excluding hydrogens is 324 g/mol. The molecule has 7 atom stereocenters. The second-order valence-corrected chi connectivity index (χ2v) is 9.94. The number of hydrogen-bond donors (Lipinski definition) is 1. The maximum absolute atomic E-state index is 11.9. The minimum absolute atomic E-state index is 0.0312. The molecule has 0 aromatic heterocycles. The van der Waals surface area contributed by atoms with E-state index in [4.69, 9.17) is 4.74 Å². The number of esters is 1. The molecular formula is C23H30O3. The standard InChI is InChI=1S/C23H30O3/c1-14-6-9-21(2)15(12-14)4-5-16-17-7-10-23(11-8-19(25)26-23)22(17,3)13-18(24)20(16)21/h4-5,12,16-18,20,24H,1,6-11,13H2,2-3H3/t16?,17?,18-,20?,21?,22?,23-/m1/s1. The summed E-state index contributed by atoms with van der Waals surface area (Å²) in [7, 11) is 0. The van der Waals surface area contributed by atoms with Crippen LogP contribution in [-0.2, 0) is 9.53 Å². The van der Waals surface area contributed by atoms with Crippen molar-refractivity contribution in [2.75, 3.05) is 0 Å². The largest absolute Gasteiger partial charge is 0.458 e. The summed E-state index contributed by atoms with van der Waals surface area (Å²) < 4.78 is 5.96. The first kappa shape index (κ1) is 16.8. The van der Waals surface area contributed by atoms with E-state index in [2.05, 4.69) is 38.7 Å². The van der Waals surface area contributed by atoms with Gasteiger partial charge in [-0.3, -0.25) is 4.79 Å². The molecule has 26 heavy (non-hydrogen) atoms. The van der Waals surface area contributed by atoms with Crippen LogP contribution in [0.1, 0.15) is 58.8 Å². The highest BCUT2D eigenvalue weighted by molar-refractivity contribution is 5.72. The summed E-state index contributed by atoms with van der Waals surface area (Å²) in [4.78, 5) is 11.9. The molecule has 0 bridgehead atoms. The lowest BCUT2D eigenvalue weighted by molar-refractivity contribution is -0.177. The molecule has 2 saturated carbocycles. The number of rotatable bonds is 0. The van der Waals surface area contributed by atoms with E-state index in [0.717, 1.165) is 38.5 Å². The molecule has 1 saturated heterocycles. The van der Waals surface area contributed by atoms with E-state index in [1.807, 2.05) is 0 Å². The molecule has 1 heterocycles. The van der Waals surface area contributed by atoms with Crippen molar-refractivity contribution in [3.63, 3.8) is 0 Å². The number of carbonyl (C=O) groups is 1. The Kier molecular flexibility index (Phi) is 3.31. The van der Waals surface area contributed by atoms with E-state index in [1.54, 1.807) is 0 Å².